The lowest BCUT2D eigenvalue weighted by Crippen LogP contribution is -2.46. The molecule has 3 aromatic rings. The molecule has 27 heavy (non-hydrogen) atoms. The fraction of sp³-hybridized carbons (Fsp3) is 0.353. The molecule has 7 nitrogen and oxygen atoms in total. The highest BCUT2D eigenvalue weighted by Gasteiger charge is 2.25. The predicted molar refractivity (Wildman–Crippen MR) is 92.6 cm³/mol. The molecule has 0 aromatic carbocycles. The molecule has 2 atom stereocenters. The van der Waals surface area contributed by atoms with Crippen molar-refractivity contribution in [2.75, 3.05) is 18.4 Å². The molecule has 10 heteroatoms. The number of rotatable bonds is 5. The third kappa shape index (κ3) is 3.80. The molecule has 1 aliphatic rings. The highest BCUT2D eigenvalue weighted by atomic mass is 19.3. The van der Waals surface area contributed by atoms with Crippen molar-refractivity contribution in [3.63, 3.8) is 0 Å². The lowest BCUT2D eigenvalue weighted by atomic mass is 10.1. The first-order valence-corrected chi connectivity index (χ1v) is 8.47. The van der Waals surface area contributed by atoms with Crippen molar-refractivity contribution >= 4 is 11.6 Å². The fourth-order valence-electron chi connectivity index (χ4n) is 3.03. The first-order valence-electron chi connectivity index (χ1n) is 8.47. The molecule has 142 valence electrons. The zero-order valence-electron chi connectivity index (χ0n) is 14.1. The van der Waals surface area contributed by atoms with Gasteiger partial charge in [-0.2, -0.15) is 8.78 Å². The van der Waals surface area contributed by atoms with Crippen molar-refractivity contribution in [1.29, 1.82) is 0 Å². The van der Waals surface area contributed by atoms with Crippen LogP contribution < -0.4 is 15.4 Å². The summed E-state index contributed by atoms with van der Waals surface area (Å²) in [5, 5.41) is 6.15. The van der Waals surface area contributed by atoms with Gasteiger partial charge in [0.05, 0.1) is 23.6 Å². The van der Waals surface area contributed by atoms with E-state index >= 15 is 0 Å². The number of imidazole rings is 1. The number of fused-ring (bicyclic) bond motifs is 1. The second-order valence-corrected chi connectivity index (χ2v) is 6.14. The molecule has 2 N–H and O–H groups in total. The van der Waals surface area contributed by atoms with Crippen molar-refractivity contribution in [3.8, 4) is 17.1 Å². The number of ether oxygens (including phenoxy) is 1. The van der Waals surface area contributed by atoms with E-state index in [1.54, 1.807) is 29.1 Å². The van der Waals surface area contributed by atoms with Crippen LogP contribution in [0.5, 0.6) is 5.75 Å². The highest BCUT2D eigenvalue weighted by molar-refractivity contribution is 5.62. The Morgan fingerprint density at radius 3 is 3.00 bits per heavy atom. The van der Waals surface area contributed by atoms with Gasteiger partial charge in [-0.05, 0) is 25.1 Å². The molecule has 1 saturated heterocycles. The SMILES string of the molecule is FC(F)Oc1ccn2c(-c3ccnc(N[C@H]4CNCC[C@@H]4F)n3)cnc2c1. The van der Waals surface area contributed by atoms with Gasteiger partial charge < -0.3 is 15.4 Å². The van der Waals surface area contributed by atoms with E-state index in [4.69, 9.17) is 0 Å². The number of hydrogen-bond donors (Lipinski definition) is 2. The maximum Gasteiger partial charge on any atom is 0.387 e. The van der Waals surface area contributed by atoms with Gasteiger partial charge in [0.25, 0.3) is 0 Å². The monoisotopic (exact) mass is 378 g/mol. The maximum absolute atomic E-state index is 14.0. The molecule has 0 aliphatic carbocycles. The molecule has 0 unspecified atom stereocenters. The predicted octanol–water partition coefficient (Wildman–Crippen LogP) is 2.50. The first kappa shape index (κ1) is 17.5. The summed E-state index contributed by atoms with van der Waals surface area (Å²) in [4.78, 5) is 12.8. The Hall–Kier alpha value is -2.88. The summed E-state index contributed by atoms with van der Waals surface area (Å²) in [6.07, 6.45) is 4.19. The number of hydrogen-bond acceptors (Lipinski definition) is 6. The maximum atomic E-state index is 14.0. The van der Waals surface area contributed by atoms with E-state index in [0.29, 0.717) is 42.5 Å². The van der Waals surface area contributed by atoms with Crippen LogP contribution >= 0.6 is 0 Å². The number of aromatic nitrogens is 4. The second-order valence-electron chi connectivity index (χ2n) is 6.14. The number of pyridine rings is 1. The highest BCUT2D eigenvalue weighted by Crippen LogP contribution is 2.23. The molecule has 0 bridgehead atoms. The average molecular weight is 378 g/mol. The quantitative estimate of drug-likeness (QED) is 0.711. The fourth-order valence-corrected chi connectivity index (χ4v) is 3.03. The first-order chi connectivity index (χ1) is 13.1. The average Bonchev–Trinajstić information content (AvgIpc) is 3.07. The molecule has 4 heterocycles. The molecule has 4 rings (SSSR count). The van der Waals surface area contributed by atoms with Crippen molar-refractivity contribution in [2.45, 2.75) is 25.2 Å². The topological polar surface area (TPSA) is 76.4 Å². The van der Waals surface area contributed by atoms with E-state index in [1.165, 1.54) is 12.1 Å². The van der Waals surface area contributed by atoms with Crippen molar-refractivity contribution < 1.29 is 17.9 Å². The van der Waals surface area contributed by atoms with Crippen LogP contribution in [0.25, 0.3) is 17.0 Å². The summed E-state index contributed by atoms with van der Waals surface area (Å²) >= 11 is 0. The Labute approximate surface area is 152 Å². The Morgan fingerprint density at radius 2 is 2.19 bits per heavy atom. The minimum Gasteiger partial charge on any atom is -0.435 e. The van der Waals surface area contributed by atoms with Gasteiger partial charge in [-0.1, -0.05) is 0 Å². The van der Waals surface area contributed by atoms with E-state index in [0.717, 1.165) is 0 Å². The lowest BCUT2D eigenvalue weighted by Gasteiger charge is -2.27. The number of alkyl halides is 3. The third-order valence-corrected chi connectivity index (χ3v) is 4.34. The van der Waals surface area contributed by atoms with Gasteiger partial charge in [-0.25, -0.2) is 19.3 Å². The zero-order chi connectivity index (χ0) is 18.8. The Kier molecular flexibility index (Phi) is 4.80. The molecule has 0 amide bonds. The van der Waals surface area contributed by atoms with Crippen LogP contribution in [0.15, 0.2) is 36.8 Å². The number of nitrogens with zero attached hydrogens (tertiary/aromatic N) is 4. The van der Waals surface area contributed by atoms with Crippen molar-refractivity contribution in [1.82, 2.24) is 24.7 Å². The van der Waals surface area contributed by atoms with Gasteiger partial charge >= 0.3 is 6.61 Å². The van der Waals surface area contributed by atoms with E-state index in [2.05, 4.69) is 30.3 Å². The van der Waals surface area contributed by atoms with Gasteiger partial charge in [-0.15, -0.1) is 0 Å². The van der Waals surface area contributed by atoms with E-state index in [9.17, 15) is 13.2 Å². The molecule has 3 aromatic heterocycles. The summed E-state index contributed by atoms with van der Waals surface area (Å²) in [6.45, 7) is -1.75. The Bertz CT molecular complexity index is 934. The summed E-state index contributed by atoms with van der Waals surface area (Å²) < 4.78 is 44.8. The van der Waals surface area contributed by atoms with Gasteiger partial charge in [0.1, 0.15) is 17.6 Å². The molecule has 0 saturated carbocycles. The summed E-state index contributed by atoms with van der Waals surface area (Å²) in [5.41, 5.74) is 1.66. The van der Waals surface area contributed by atoms with Crippen LogP contribution in [0.2, 0.25) is 0 Å². The Balaban J connectivity index is 1.60. The Morgan fingerprint density at radius 1 is 1.30 bits per heavy atom. The summed E-state index contributed by atoms with van der Waals surface area (Å²) in [7, 11) is 0. The van der Waals surface area contributed by atoms with Gasteiger partial charge in [0.2, 0.25) is 5.95 Å². The molecular formula is C17H17F3N6O. The number of nitrogens with one attached hydrogen (secondary N) is 2. The molecule has 0 spiro atoms. The summed E-state index contributed by atoms with van der Waals surface area (Å²) in [6, 6.07) is 4.14. The van der Waals surface area contributed by atoms with Crippen molar-refractivity contribution in [3.05, 3.63) is 36.8 Å². The largest absolute Gasteiger partial charge is 0.435 e. The van der Waals surface area contributed by atoms with Gasteiger partial charge in [0, 0.05) is 25.0 Å². The van der Waals surface area contributed by atoms with Gasteiger partial charge in [0.15, 0.2) is 0 Å². The summed E-state index contributed by atoms with van der Waals surface area (Å²) in [5.74, 6) is 0.343. The number of anilines is 1. The van der Waals surface area contributed by atoms with Crippen LogP contribution in [0.3, 0.4) is 0 Å². The lowest BCUT2D eigenvalue weighted by molar-refractivity contribution is -0.0498. The third-order valence-electron chi connectivity index (χ3n) is 4.34. The van der Waals surface area contributed by atoms with Crippen LogP contribution in [-0.4, -0.2) is 51.3 Å². The smallest absolute Gasteiger partial charge is 0.387 e. The number of piperidine rings is 1. The van der Waals surface area contributed by atoms with Crippen LogP contribution in [0.1, 0.15) is 6.42 Å². The normalized spacial score (nSPS) is 20.1. The molecular weight excluding hydrogens is 361 g/mol. The van der Waals surface area contributed by atoms with E-state index < -0.39 is 18.8 Å². The van der Waals surface area contributed by atoms with Crippen LogP contribution in [-0.2, 0) is 0 Å². The van der Waals surface area contributed by atoms with E-state index in [1.807, 2.05) is 0 Å². The number of halogens is 3. The van der Waals surface area contributed by atoms with Crippen LogP contribution in [0.4, 0.5) is 19.1 Å². The zero-order valence-corrected chi connectivity index (χ0v) is 14.1. The molecule has 1 fully saturated rings. The molecule has 1 aliphatic heterocycles. The minimum atomic E-state index is -2.90. The van der Waals surface area contributed by atoms with Crippen LogP contribution in [0, 0.1) is 0 Å². The van der Waals surface area contributed by atoms with E-state index in [-0.39, 0.29) is 5.75 Å². The molecule has 0 radical (unpaired) electrons. The van der Waals surface area contributed by atoms with Gasteiger partial charge in [-0.3, -0.25) is 4.40 Å². The second kappa shape index (κ2) is 7.39. The minimum absolute atomic E-state index is 0.0264. The standard InChI is InChI=1S/C17H17F3N6O/c18-11-1-4-21-8-13(11)25-17-22-5-2-12(24-17)14-9-23-15-7-10(27-16(19)20)3-6-26(14)15/h2-3,5-7,9,11,13,16,21H,1,4,8H2,(H,22,24,25)/t11-,13-/m0/s1. The van der Waals surface area contributed by atoms with Crippen molar-refractivity contribution in [2.24, 2.45) is 0 Å².